The van der Waals surface area contributed by atoms with Crippen LogP contribution in [-0.2, 0) is 13.0 Å². The lowest BCUT2D eigenvalue weighted by molar-refractivity contribution is 0.0729. The maximum Gasteiger partial charge on any atom is 0.273 e. The first kappa shape index (κ1) is 15.7. The lowest BCUT2D eigenvalue weighted by Gasteiger charge is -2.25. The highest BCUT2D eigenvalue weighted by molar-refractivity contribution is 7.09. The highest BCUT2D eigenvalue weighted by Crippen LogP contribution is 2.26. The zero-order valence-electron chi connectivity index (χ0n) is 14.7. The third-order valence-electron chi connectivity index (χ3n) is 5.17. The molecule has 7 nitrogen and oxygen atoms in total. The normalized spacial score (nSPS) is 17.1. The third-order valence-corrected chi connectivity index (χ3v) is 5.95. The summed E-state index contributed by atoms with van der Waals surface area (Å²) in [6.45, 7) is 5.27. The molecule has 8 heteroatoms. The molecule has 3 aromatic heterocycles. The van der Waals surface area contributed by atoms with Gasteiger partial charge in [0, 0.05) is 43.2 Å². The fraction of sp³-hybridized carbons (Fsp3) is 0.444. The summed E-state index contributed by atoms with van der Waals surface area (Å²) in [6.07, 6.45) is 5.19. The molecule has 2 aliphatic heterocycles. The molecule has 26 heavy (non-hydrogen) atoms. The van der Waals surface area contributed by atoms with E-state index >= 15 is 0 Å². The van der Waals surface area contributed by atoms with E-state index in [2.05, 4.69) is 15.0 Å². The van der Waals surface area contributed by atoms with E-state index in [1.165, 1.54) is 24.2 Å². The van der Waals surface area contributed by atoms with Gasteiger partial charge in [-0.25, -0.2) is 14.5 Å². The zero-order valence-corrected chi connectivity index (χ0v) is 15.5. The number of aryl methyl sites for hydroxylation is 1. The minimum Gasteiger partial charge on any atom is -0.357 e. The van der Waals surface area contributed by atoms with Gasteiger partial charge in [0.25, 0.3) is 5.91 Å². The van der Waals surface area contributed by atoms with Crippen LogP contribution in [0.3, 0.4) is 0 Å². The summed E-state index contributed by atoms with van der Waals surface area (Å²) < 4.78 is 1.85. The van der Waals surface area contributed by atoms with Crippen LogP contribution in [0.25, 0.3) is 5.65 Å². The van der Waals surface area contributed by atoms with Gasteiger partial charge in [-0.15, -0.1) is 11.3 Å². The average molecular weight is 368 g/mol. The lowest BCUT2D eigenvalue weighted by Crippen LogP contribution is -2.36. The van der Waals surface area contributed by atoms with Gasteiger partial charge in [0.1, 0.15) is 11.5 Å². The molecule has 5 rings (SSSR count). The molecule has 0 radical (unpaired) electrons. The average Bonchev–Trinajstić information content (AvgIpc) is 3.39. The van der Waals surface area contributed by atoms with E-state index < -0.39 is 0 Å². The predicted molar refractivity (Wildman–Crippen MR) is 99.7 cm³/mol. The Bertz CT molecular complexity index is 987. The molecule has 134 valence electrons. The summed E-state index contributed by atoms with van der Waals surface area (Å²) in [6, 6.07) is 2.04. The second-order valence-electron chi connectivity index (χ2n) is 6.90. The van der Waals surface area contributed by atoms with Crippen molar-refractivity contribution in [2.75, 3.05) is 24.5 Å². The minimum atomic E-state index is -0.00459. The van der Waals surface area contributed by atoms with Crippen LogP contribution >= 0.6 is 11.3 Å². The molecular formula is C18H20N6OS. The molecule has 0 unspecified atom stereocenters. The van der Waals surface area contributed by atoms with E-state index in [4.69, 9.17) is 4.98 Å². The molecular weight excluding hydrogens is 348 g/mol. The van der Waals surface area contributed by atoms with Gasteiger partial charge in [-0.3, -0.25) is 4.79 Å². The Morgan fingerprint density at radius 1 is 1.19 bits per heavy atom. The standard InChI is InChI=1S/C18H20N6OS/c1-12-19-15(11-26-12)18(25)23-8-4-14-13(10-23)17-20-16(5-9-24(17)21-14)22-6-2-3-7-22/h5,9,11H,2-4,6-8,10H2,1H3. The zero-order chi connectivity index (χ0) is 17.7. The minimum absolute atomic E-state index is 0.00459. The molecule has 0 spiro atoms. The number of anilines is 1. The Labute approximate surface area is 155 Å². The Hall–Kier alpha value is -2.48. The summed E-state index contributed by atoms with van der Waals surface area (Å²) in [5.41, 5.74) is 3.53. The molecule has 3 aromatic rings. The van der Waals surface area contributed by atoms with E-state index in [-0.39, 0.29) is 5.91 Å². The smallest absolute Gasteiger partial charge is 0.273 e. The molecule has 2 aliphatic rings. The summed E-state index contributed by atoms with van der Waals surface area (Å²) in [5.74, 6) is 1.01. The van der Waals surface area contributed by atoms with Crippen LogP contribution < -0.4 is 4.90 Å². The number of carbonyl (C=O) groups excluding carboxylic acids is 1. The molecule has 0 aromatic carbocycles. The van der Waals surface area contributed by atoms with Crippen LogP contribution in [-0.4, -0.2) is 50.0 Å². The first-order valence-corrected chi connectivity index (χ1v) is 9.90. The number of hydrogen-bond acceptors (Lipinski definition) is 6. The van der Waals surface area contributed by atoms with Crippen molar-refractivity contribution < 1.29 is 4.79 Å². The predicted octanol–water partition coefficient (Wildman–Crippen LogP) is 2.29. The van der Waals surface area contributed by atoms with Gasteiger partial charge in [-0.05, 0) is 25.8 Å². The molecule has 0 bridgehead atoms. The number of thiazole rings is 1. The molecule has 0 atom stereocenters. The largest absolute Gasteiger partial charge is 0.357 e. The number of rotatable bonds is 2. The van der Waals surface area contributed by atoms with Gasteiger partial charge in [0.15, 0.2) is 5.65 Å². The number of aromatic nitrogens is 4. The monoisotopic (exact) mass is 368 g/mol. The summed E-state index contributed by atoms with van der Waals surface area (Å²) in [4.78, 5) is 26.2. The second kappa shape index (κ2) is 6.05. The van der Waals surface area contributed by atoms with E-state index in [9.17, 15) is 4.79 Å². The van der Waals surface area contributed by atoms with Gasteiger partial charge >= 0.3 is 0 Å². The number of hydrogen-bond donors (Lipinski definition) is 0. The number of fused-ring (bicyclic) bond motifs is 3. The Kier molecular flexibility index (Phi) is 3.66. The van der Waals surface area contributed by atoms with Crippen LogP contribution in [0.1, 0.15) is 39.6 Å². The fourth-order valence-corrected chi connectivity index (χ4v) is 4.39. The van der Waals surface area contributed by atoms with E-state index in [1.54, 1.807) is 0 Å². The van der Waals surface area contributed by atoms with Crippen molar-refractivity contribution in [1.29, 1.82) is 0 Å². The van der Waals surface area contributed by atoms with E-state index in [0.29, 0.717) is 18.8 Å². The molecule has 1 saturated heterocycles. The van der Waals surface area contributed by atoms with Crippen molar-refractivity contribution >= 4 is 28.7 Å². The number of nitrogens with zero attached hydrogens (tertiary/aromatic N) is 6. The Balaban J connectivity index is 1.48. The van der Waals surface area contributed by atoms with Gasteiger partial charge in [-0.1, -0.05) is 0 Å². The second-order valence-corrected chi connectivity index (χ2v) is 7.96. The molecule has 5 heterocycles. The lowest BCUT2D eigenvalue weighted by atomic mass is 10.1. The fourth-order valence-electron chi connectivity index (χ4n) is 3.80. The van der Waals surface area contributed by atoms with Crippen molar-refractivity contribution in [3.8, 4) is 0 Å². The molecule has 1 fully saturated rings. The van der Waals surface area contributed by atoms with Crippen molar-refractivity contribution in [3.05, 3.63) is 39.6 Å². The quantitative estimate of drug-likeness (QED) is 0.694. The summed E-state index contributed by atoms with van der Waals surface area (Å²) >= 11 is 1.51. The van der Waals surface area contributed by atoms with Crippen LogP contribution in [0.5, 0.6) is 0 Å². The van der Waals surface area contributed by atoms with Crippen LogP contribution in [0, 0.1) is 6.92 Å². The topological polar surface area (TPSA) is 66.6 Å². The maximum atomic E-state index is 12.8. The molecule has 0 N–H and O–H groups in total. The molecule has 1 amide bonds. The Morgan fingerprint density at radius 2 is 2.04 bits per heavy atom. The SMILES string of the molecule is Cc1nc(C(=O)N2CCc3nn4ccc(N5CCCC5)nc4c3C2)cs1. The third kappa shape index (κ3) is 2.56. The van der Waals surface area contributed by atoms with Gasteiger partial charge < -0.3 is 9.80 Å². The highest BCUT2D eigenvalue weighted by atomic mass is 32.1. The van der Waals surface area contributed by atoms with E-state index in [0.717, 1.165) is 47.2 Å². The maximum absolute atomic E-state index is 12.8. The molecule has 0 saturated carbocycles. The molecule has 0 aliphatic carbocycles. The van der Waals surface area contributed by atoms with Crippen LogP contribution in [0.4, 0.5) is 5.82 Å². The van der Waals surface area contributed by atoms with E-state index in [1.807, 2.05) is 34.0 Å². The number of amides is 1. The number of carbonyl (C=O) groups is 1. The van der Waals surface area contributed by atoms with Crippen LogP contribution in [0.2, 0.25) is 0 Å². The first-order valence-electron chi connectivity index (χ1n) is 9.02. The van der Waals surface area contributed by atoms with Crippen molar-refractivity contribution in [3.63, 3.8) is 0 Å². The van der Waals surface area contributed by atoms with Crippen molar-refractivity contribution in [2.45, 2.75) is 32.7 Å². The summed E-state index contributed by atoms with van der Waals surface area (Å²) in [5, 5.41) is 7.43. The first-order chi connectivity index (χ1) is 12.7. The Morgan fingerprint density at radius 3 is 2.81 bits per heavy atom. The van der Waals surface area contributed by atoms with Crippen molar-refractivity contribution in [2.24, 2.45) is 0 Å². The van der Waals surface area contributed by atoms with Gasteiger partial charge in [0.2, 0.25) is 0 Å². The van der Waals surface area contributed by atoms with Crippen molar-refractivity contribution in [1.82, 2.24) is 24.5 Å². The van der Waals surface area contributed by atoms with Gasteiger partial charge in [-0.2, -0.15) is 5.10 Å². The highest BCUT2D eigenvalue weighted by Gasteiger charge is 2.28. The van der Waals surface area contributed by atoms with Crippen LogP contribution in [0.15, 0.2) is 17.6 Å². The summed E-state index contributed by atoms with van der Waals surface area (Å²) in [7, 11) is 0. The van der Waals surface area contributed by atoms with Gasteiger partial charge in [0.05, 0.1) is 17.2 Å².